The molecule has 1 heterocycles. The van der Waals surface area contributed by atoms with E-state index in [1.165, 1.54) is 0 Å². The molecule has 0 spiro atoms. The number of unbranched alkanes of at least 4 members (excludes halogenated alkanes) is 2. The lowest BCUT2D eigenvalue weighted by atomic mass is 10.1. The smallest absolute Gasteiger partial charge is 0.240 e. The van der Waals surface area contributed by atoms with Gasteiger partial charge in [0.2, 0.25) is 10.0 Å². The standard InChI is InChI=1S/C18H21N3O2S/c22-24(23,18-9-8-16-6-2-3-7-17(16)14-18)20-10-4-1-5-12-21-13-11-19-15-21/h2-3,6-9,11,13-15,20H,1,4-5,10,12H2. The van der Waals surface area contributed by atoms with Gasteiger partial charge in [0, 0.05) is 25.5 Å². The van der Waals surface area contributed by atoms with Crippen LogP contribution in [0.1, 0.15) is 19.3 Å². The average Bonchev–Trinajstić information content (AvgIpc) is 3.11. The highest BCUT2D eigenvalue weighted by molar-refractivity contribution is 7.89. The average molecular weight is 343 g/mol. The third-order valence-corrected chi connectivity index (χ3v) is 5.43. The summed E-state index contributed by atoms with van der Waals surface area (Å²) in [4.78, 5) is 4.32. The van der Waals surface area contributed by atoms with E-state index in [1.54, 1.807) is 24.7 Å². The summed E-state index contributed by atoms with van der Waals surface area (Å²) < 4.78 is 29.5. The van der Waals surface area contributed by atoms with Crippen molar-refractivity contribution in [2.24, 2.45) is 0 Å². The molecule has 24 heavy (non-hydrogen) atoms. The largest absolute Gasteiger partial charge is 0.337 e. The monoisotopic (exact) mass is 343 g/mol. The summed E-state index contributed by atoms with van der Waals surface area (Å²) in [6.45, 7) is 1.37. The van der Waals surface area contributed by atoms with Crippen LogP contribution in [-0.2, 0) is 16.6 Å². The quantitative estimate of drug-likeness (QED) is 0.639. The first kappa shape index (κ1) is 16.7. The predicted molar refractivity (Wildman–Crippen MR) is 95.2 cm³/mol. The second-order valence-electron chi connectivity index (χ2n) is 5.77. The SMILES string of the molecule is O=S(=O)(NCCCCCn1ccnc1)c1ccc2ccccc2c1. The van der Waals surface area contributed by atoms with Crippen molar-refractivity contribution in [2.75, 3.05) is 6.54 Å². The van der Waals surface area contributed by atoms with Crippen LogP contribution < -0.4 is 4.72 Å². The molecule has 1 aromatic heterocycles. The molecule has 0 radical (unpaired) electrons. The molecular formula is C18H21N3O2S. The topological polar surface area (TPSA) is 64.0 Å². The van der Waals surface area contributed by atoms with Crippen LogP contribution in [0.3, 0.4) is 0 Å². The first-order chi connectivity index (χ1) is 11.6. The first-order valence-electron chi connectivity index (χ1n) is 8.09. The molecule has 0 aliphatic rings. The van der Waals surface area contributed by atoms with Crippen molar-refractivity contribution >= 4 is 20.8 Å². The van der Waals surface area contributed by atoms with Gasteiger partial charge in [-0.25, -0.2) is 18.1 Å². The Labute approximate surface area is 142 Å². The minimum absolute atomic E-state index is 0.319. The van der Waals surface area contributed by atoms with E-state index in [0.29, 0.717) is 11.4 Å². The van der Waals surface area contributed by atoms with Gasteiger partial charge >= 0.3 is 0 Å². The number of imidazole rings is 1. The van der Waals surface area contributed by atoms with E-state index in [9.17, 15) is 8.42 Å². The number of sulfonamides is 1. The van der Waals surface area contributed by atoms with E-state index in [1.807, 2.05) is 41.1 Å². The molecule has 6 heteroatoms. The van der Waals surface area contributed by atoms with E-state index >= 15 is 0 Å². The molecule has 0 amide bonds. The molecule has 0 aliphatic carbocycles. The van der Waals surface area contributed by atoms with Crippen molar-refractivity contribution < 1.29 is 8.42 Å². The fourth-order valence-corrected chi connectivity index (χ4v) is 3.75. The van der Waals surface area contributed by atoms with Gasteiger partial charge < -0.3 is 4.57 Å². The van der Waals surface area contributed by atoms with Crippen LogP contribution in [0, 0.1) is 0 Å². The number of benzene rings is 2. The molecule has 126 valence electrons. The zero-order valence-corrected chi connectivity index (χ0v) is 14.2. The fraction of sp³-hybridized carbons (Fsp3) is 0.278. The Morgan fingerprint density at radius 1 is 1.00 bits per heavy atom. The molecule has 2 aromatic carbocycles. The highest BCUT2D eigenvalue weighted by Gasteiger charge is 2.13. The Bertz CT molecular complexity index is 890. The second-order valence-corrected chi connectivity index (χ2v) is 7.53. The minimum Gasteiger partial charge on any atom is -0.337 e. The molecule has 0 bridgehead atoms. The minimum atomic E-state index is -3.45. The van der Waals surface area contributed by atoms with Crippen LogP contribution in [-0.4, -0.2) is 24.5 Å². The lowest BCUT2D eigenvalue weighted by Crippen LogP contribution is -2.24. The molecule has 3 rings (SSSR count). The Kier molecular flexibility index (Phi) is 5.27. The molecule has 0 unspecified atom stereocenters. The number of hydrogen-bond donors (Lipinski definition) is 1. The van der Waals surface area contributed by atoms with Crippen molar-refractivity contribution in [1.29, 1.82) is 0 Å². The summed E-state index contributed by atoms with van der Waals surface area (Å²) in [5.41, 5.74) is 0. The van der Waals surface area contributed by atoms with Gasteiger partial charge in [-0.1, -0.05) is 36.8 Å². The lowest BCUT2D eigenvalue weighted by Gasteiger charge is -2.08. The van der Waals surface area contributed by atoms with Crippen molar-refractivity contribution in [1.82, 2.24) is 14.3 Å². The Morgan fingerprint density at radius 3 is 2.62 bits per heavy atom. The molecule has 0 aliphatic heterocycles. The summed E-state index contributed by atoms with van der Waals surface area (Å²) in [6, 6.07) is 13.0. The maximum atomic E-state index is 12.4. The molecule has 0 saturated carbocycles. The number of hydrogen-bond acceptors (Lipinski definition) is 3. The summed E-state index contributed by atoms with van der Waals surface area (Å²) in [6.07, 6.45) is 8.29. The van der Waals surface area contributed by atoms with Gasteiger partial charge in [-0.05, 0) is 35.7 Å². The van der Waals surface area contributed by atoms with Gasteiger partial charge in [-0.15, -0.1) is 0 Å². The number of nitrogens with zero attached hydrogens (tertiary/aromatic N) is 2. The number of nitrogens with one attached hydrogen (secondary N) is 1. The molecular weight excluding hydrogens is 322 g/mol. The van der Waals surface area contributed by atoms with Gasteiger partial charge in [-0.2, -0.15) is 0 Å². The number of fused-ring (bicyclic) bond motifs is 1. The molecule has 1 N–H and O–H groups in total. The van der Waals surface area contributed by atoms with Crippen LogP contribution in [0.5, 0.6) is 0 Å². The number of aromatic nitrogens is 2. The maximum absolute atomic E-state index is 12.4. The van der Waals surface area contributed by atoms with Crippen molar-refractivity contribution in [2.45, 2.75) is 30.7 Å². The summed E-state index contributed by atoms with van der Waals surface area (Å²) in [5, 5.41) is 1.97. The fourth-order valence-electron chi connectivity index (χ4n) is 2.64. The van der Waals surface area contributed by atoms with Gasteiger partial charge in [-0.3, -0.25) is 0 Å². The zero-order chi connectivity index (χ0) is 16.8. The third kappa shape index (κ3) is 4.21. The Morgan fingerprint density at radius 2 is 1.83 bits per heavy atom. The van der Waals surface area contributed by atoms with Crippen LogP contribution in [0.2, 0.25) is 0 Å². The molecule has 0 saturated heterocycles. The molecule has 0 atom stereocenters. The van der Waals surface area contributed by atoms with E-state index < -0.39 is 10.0 Å². The van der Waals surface area contributed by atoms with E-state index in [0.717, 1.165) is 36.6 Å². The summed E-state index contributed by atoms with van der Waals surface area (Å²) in [7, 11) is -3.45. The highest BCUT2D eigenvalue weighted by atomic mass is 32.2. The Hall–Kier alpha value is -2.18. The van der Waals surface area contributed by atoms with Crippen LogP contribution in [0.4, 0.5) is 0 Å². The van der Waals surface area contributed by atoms with Crippen LogP contribution in [0.25, 0.3) is 10.8 Å². The van der Waals surface area contributed by atoms with Crippen LogP contribution in [0.15, 0.2) is 66.1 Å². The Balaban J connectivity index is 1.49. The van der Waals surface area contributed by atoms with Crippen molar-refractivity contribution in [3.8, 4) is 0 Å². The molecule has 3 aromatic rings. The molecule has 0 fully saturated rings. The lowest BCUT2D eigenvalue weighted by molar-refractivity contribution is 0.561. The van der Waals surface area contributed by atoms with Gasteiger partial charge in [0.25, 0.3) is 0 Å². The van der Waals surface area contributed by atoms with Gasteiger partial charge in [0.05, 0.1) is 11.2 Å². The normalized spacial score (nSPS) is 11.8. The maximum Gasteiger partial charge on any atom is 0.240 e. The summed E-state index contributed by atoms with van der Waals surface area (Å²) in [5.74, 6) is 0. The van der Waals surface area contributed by atoms with Gasteiger partial charge in [0.1, 0.15) is 0 Å². The van der Waals surface area contributed by atoms with E-state index in [-0.39, 0.29) is 0 Å². The zero-order valence-electron chi connectivity index (χ0n) is 13.4. The van der Waals surface area contributed by atoms with Crippen molar-refractivity contribution in [3.05, 3.63) is 61.2 Å². The number of aryl methyl sites for hydroxylation is 1. The van der Waals surface area contributed by atoms with Crippen molar-refractivity contribution in [3.63, 3.8) is 0 Å². The summed E-state index contributed by atoms with van der Waals surface area (Å²) >= 11 is 0. The third-order valence-electron chi connectivity index (χ3n) is 3.98. The second kappa shape index (κ2) is 7.59. The van der Waals surface area contributed by atoms with Gasteiger partial charge in [0.15, 0.2) is 0 Å². The van der Waals surface area contributed by atoms with E-state index in [2.05, 4.69) is 9.71 Å². The molecule has 5 nitrogen and oxygen atoms in total. The first-order valence-corrected chi connectivity index (χ1v) is 9.58. The van der Waals surface area contributed by atoms with E-state index in [4.69, 9.17) is 0 Å². The number of rotatable bonds is 8. The van der Waals surface area contributed by atoms with Crippen LogP contribution >= 0.6 is 0 Å². The predicted octanol–water partition coefficient (Wildman–Crippen LogP) is 3.19. The highest BCUT2D eigenvalue weighted by Crippen LogP contribution is 2.18.